The average Bonchev–Trinajstić information content (AvgIpc) is 2.28. The monoisotopic (exact) mass is 281 g/mol. The molecule has 0 bridgehead atoms. The van der Waals surface area contributed by atoms with Crippen LogP contribution in [0.1, 0.15) is 31.9 Å². The lowest BCUT2D eigenvalue weighted by atomic mass is 9.93. The van der Waals surface area contributed by atoms with Gasteiger partial charge in [-0.3, -0.25) is 0 Å². The van der Waals surface area contributed by atoms with Crippen LogP contribution in [0.3, 0.4) is 0 Å². The van der Waals surface area contributed by atoms with Crippen LogP contribution in [0.4, 0.5) is 13.2 Å². The van der Waals surface area contributed by atoms with E-state index in [9.17, 15) is 13.2 Å². The van der Waals surface area contributed by atoms with Gasteiger partial charge in [-0.25, -0.2) is 0 Å². The highest BCUT2D eigenvalue weighted by Gasteiger charge is 2.32. The van der Waals surface area contributed by atoms with Gasteiger partial charge in [-0.05, 0) is 23.6 Å². The lowest BCUT2D eigenvalue weighted by molar-refractivity contribution is -0.274. The molecule has 2 nitrogen and oxygen atoms in total. The zero-order valence-electron chi connectivity index (χ0n) is 10.1. The first-order chi connectivity index (χ1) is 8.24. The fraction of sp³-hybridized carbons (Fsp3) is 0.500. The number of hydrogen-bond acceptors (Lipinski definition) is 2. The zero-order chi connectivity index (χ0) is 13.9. The predicted molar refractivity (Wildman–Crippen MR) is 64.5 cm³/mol. The summed E-state index contributed by atoms with van der Waals surface area (Å²) < 4.78 is 40.0. The third-order valence-electron chi connectivity index (χ3n) is 2.82. The smallest absolute Gasteiger partial charge is 0.404 e. The van der Waals surface area contributed by atoms with E-state index in [1.165, 1.54) is 18.2 Å². The third kappa shape index (κ3) is 4.07. The summed E-state index contributed by atoms with van der Waals surface area (Å²) in [5, 5.41) is -0.0939. The molecule has 1 aromatic carbocycles. The maximum absolute atomic E-state index is 12.1. The molecule has 0 saturated carbocycles. The first kappa shape index (κ1) is 15.1. The molecule has 0 heterocycles. The summed E-state index contributed by atoms with van der Waals surface area (Å²) in [5.41, 5.74) is 6.67. The van der Waals surface area contributed by atoms with E-state index in [2.05, 4.69) is 4.74 Å². The SMILES string of the molecule is CCC(C)[C@@H](N)c1ccc(OC(F)(F)F)c(Cl)c1. The Morgan fingerprint density at radius 3 is 2.44 bits per heavy atom. The van der Waals surface area contributed by atoms with Crippen molar-refractivity contribution in [2.24, 2.45) is 11.7 Å². The molecule has 1 unspecified atom stereocenters. The first-order valence-corrected chi connectivity index (χ1v) is 5.93. The van der Waals surface area contributed by atoms with Gasteiger partial charge in [-0.1, -0.05) is 37.9 Å². The summed E-state index contributed by atoms with van der Waals surface area (Å²) in [4.78, 5) is 0. The summed E-state index contributed by atoms with van der Waals surface area (Å²) in [7, 11) is 0. The fourth-order valence-electron chi connectivity index (χ4n) is 1.51. The normalized spacial score (nSPS) is 15.3. The van der Waals surface area contributed by atoms with Gasteiger partial charge < -0.3 is 10.5 Å². The Bertz CT molecular complexity index is 409. The zero-order valence-corrected chi connectivity index (χ0v) is 10.8. The van der Waals surface area contributed by atoms with Crippen molar-refractivity contribution in [1.82, 2.24) is 0 Å². The molecule has 0 aromatic heterocycles. The topological polar surface area (TPSA) is 35.2 Å². The van der Waals surface area contributed by atoms with E-state index in [-0.39, 0.29) is 17.0 Å². The molecule has 0 aliphatic carbocycles. The molecular formula is C12H15ClF3NO. The highest BCUT2D eigenvalue weighted by atomic mass is 35.5. The van der Waals surface area contributed by atoms with E-state index >= 15 is 0 Å². The van der Waals surface area contributed by atoms with Gasteiger partial charge in [0.25, 0.3) is 0 Å². The van der Waals surface area contributed by atoms with E-state index in [0.717, 1.165) is 6.42 Å². The number of benzene rings is 1. The van der Waals surface area contributed by atoms with Crippen LogP contribution < -0.4 is 10.5 Å². The molecule has 0 saturated heterocycles. The van der Waals surface area contributed by atoms with Crippen molar-refractivity contribution < 1.29 is 17.9 Å². The molecule has 0 fully saturated rings. The van der Waals surface area contributed by atoms with Crippen molar-refractivity contribution in [3.8, 4) is 5.75 Å². The van der Waals surface area contributed by atoms with E-state index in [0.29, 0.717) is 5.56 Å². The molecule has 1 aromatic rings. The Labute approximate surface area is 109 Å². The van der Waals surface area contributed by atoms with E-state index in [4.69, 9.17) is 17.3 Å². The third-order valence-corrected chi connectivity index (χ3v) is 3.12. The Balaban J connectivity index is 2.92. The number of halogens is 4. The Morgan fingerprint density at radius 1 is 1.39 bits per heavy atom. The second-order valence-electron chi connectivity index (χ2n) is 4.15. The average molecular weight is 282 g/mol. The van der Waals surface area contributed by atoms with Crippen molar-refractivity contribution in [3.05, 3.63) is 28.8 Å². The van der Waals surface area contributed by atoms with Gasteiger partial charge in [0.2, 0.25) is 0 Å². The molecule has 0 aliphatic heterocycles. The van der Waals surface area contributed by atoms with Gasteiger partial charge in [0, 0.05) is 6.04 Å². The molecule has 2 N–H and O–H groups in total. The first-order valence-electron chi connectivity index (χ1n) is 5.55. The Kier molecular flexibility index (Phi) is 4.87. The van der Waals surface area contributed by atoms with Gasteiger partial charge in [-0.15, -0.1) is 13.2 Å². The van der Waals surface area contributed by atoms with Crippen LogP contribution in [0, 0.1) is 5.92 Å². The Hall–Kier alpha value is -0.940. The summed E-state index contributed by atoms with van der Waals surface area (Å²) in [6.07, 6.45) is -3.87. The molecule has 102 valence electrons. The van der Waals surface area contributed by atoms with Crippen molar-refractivity contribution in [2.75, 3.05) is 0 Å². The lowest BCUT2D eigenvalue weighted by Crippen LogP contribution is -2.19. The number of alkyl halides is 3. The molecule has 0 spiro atoms. The van der Waals surface area contributed by atoms with Crippen LogP contribution in [0.25, 0.3) is 0 Å². The quantitative estimate of drug-likeness (QED) is 0.894. The molecule has 2 atom stereocenters. The second-order valence-corrected chi connectivity index (χ2v) is 4.56. The Morgan fingerprint density at radius 2 is 2.00 bits per heavy atom. The number of ether oxygens (including phenoxy) is 1. The minimum Gasteiger partial charge on any atom is -0.404 e. The number of hydrogen-bond donors (Lipinski definition) is 1. The summed E-state index contributed by atoms with van der Waals surface area (Å²) in [6.45, 7) is 3.96. The van der Waals surface area contributed by atoms with Gasteiger partial charge in [-0.2, -0.15) is 0 Å². The van der Waals surface area contributed by atoms with E-state index < -0.39 is 12.1 Å². The van der Waals surface area contributed by atoms with Crippen molar-refractivity contribution in [1.29, 1.82) is 0 Å². The van der Waals surface area contributed by atoms with Crippen LogP contribution in [0.15, 0.2) is 18.2 Å². The molecule has 6 heteroatoms. The second kappa shape index (κ2) is 5.80. The number of rotatable bonds is 4. The standard InChI is InChI=1S/C12H15ClF3NO/c1-3-7(2)11(17)8-4-5-10(9(13)6-8)18-12(14,15)16/h4-7,11H,3,17H2,1-2H3/t7?,11-/m1/s1. The summed E-state index contributed by atoms with van der Waals surface area (Å²) in [6, 6.07) is 3.85. The van der Waals surface area contributed by atoms with Crippen LogP contribution in [-0.2, 0) is 0 Å². The maximum Gasteiger partial charge on any atom is 0.573 e. The maximum atomic E-state index is 12.1. The van der Waals surface area contributed by atoms with E-state index in [1.54, 1.807) is 0 Å². The number of nitrogens with two attached hydrogens (primary N) is 1. The summed E-state index contributed by atoms with van der Waals surface area (Å²) >= 11 is 5.75. The largest absolute Gasteiger partial charge is 0.573 e. The summed E-state index contributed by atoms with van der Waals surface area (Å²) in [5.74, 6) is -0.195. The van der Waals surface area contributed by atoms with Crippen LogP contribution in [0.5, 0.6) is 5.75 Å². The molecule has 18 heavy (non-hydrogen) atoms. The van der Waals surface area contributed by atoms with Gasteiger partial charge in [0.15, 0.2) is 0 Å². The van der Waals surface area contributed by atoms with Crippen molar-refractivity contribution >= 4 is 11.6 Å². The highest BCUT2D eigenvalue weighted by molar-refractivity contribution is 6.32. The lowest BCUT2D eigenvalue weighted by Gasteiger charge is -2.19. The highest BCUT2D eigenvalue weighted by Crippen LogP contribution is 2.33. The molecule has 0 aliphatic rings. The van der Waals surface area contributed by atoms with Crippen LogP contribution in [-0.4, -0.2) is 6.36 Å². The minimum absolute atomic E-state index is 0.0939. The van der Waals surface area contributed by atoms with Gasteiger partial charge in [0.1, 0.15) is 5.75 Å². The van der Waals surface area contributed by atoms with E-state index in [1.807, 2.05) is 13.8 Å². The fourth-order valence-corrected chi connectivity index (χ4v) is 1.74. The molecular weight excluding hydrogens is 267 g/mol. The minimum atomic E-state index is -4.75. The predicted octanol–water partition coefficient (Wildman–Crippen LogP) is 4.28. The molecule has 0 amide bonds. The van der Waals surface area contributed by atoms with Gasteiger partial charge >= 0.3 is 6.36 Å². The van der Waals surface area contributed by atoms with Crippen molar-refractivity contribution in [3.63, 3.8) is 0 Å². The van der Waals surface area contributed by atoms with Crippen LogP contribution in [0.2, 0.25) is 5.02 Å². The molecule has 1 rings (SSSR count). The van der Waals surface area contributed by atoms with Gasteiger partial charge in [0.05, 0.1) is 5.02 Å². The van der Waals surface area contributed by atoms with Crippen LogP contribution >= 0.6 is 11.6 Å². The van der Waals surface area contributed by atoms with Crippen molar-refractivity contribution in [2.45, 2.75) is 32.7 Å². The molecule has 0 radical (unpaired) electrons.